The van der Waals surface area contributed by atoms with Crippen LogP contribution in [-0.2, 0) is 4.84 Å². The predicted molar refractivity (Wildman–Crippen MR) is 62.3 cm³/mol. The topological polar surface area (TPSA) is 21.6 Å². The van der Waals surface area contributed by atoms with E-state index in [2.05, 4.69) is 5.16 Å². The molecule has 0 bridgehead atoms. The van der Waals surface area contributed by atoms with E-state index < -0.39 is 24.1 Å². The molecule has 2 nitrogen and oxygen atoms in total. The van der Waals surface area contributed by atoms with Crippen LogP contribution in [0.3, 0.4) is 0 Å². The summed E-state index contributed by atoms with van der Waals surface area (Å²) in [5.41, 5.74) is 0.612. The minimum Gasteiger partial charge on any atom is -0.391 e. The zero-order valence-electron chi connectivity index (χ0n) is 10.2. The second kappa shape index (κ2) is 4.30. The number of hydrogen-bond donors (Lipinski definition) is 0. The van der Waals surface area contributed by atoms with Crippen molar-refractivity contribution in [2.24, 2.45) is 10.6 Å². The highest BCUT2D eigenvalue weighted by Gasteiger charge is 2.48. The molecule has 0 aliphatic carbocycles. The van der Waals surface area contributed by atoms with Crippen molar-refractivity contribution in [2.45, 2.75) is 32.5 Å². The molecule has 0 amide bonds. The van der Waals surface area contributed by atoms with Gasteiger partial charge in [-0.05, 0) is 5.56 Å². The fraction of sp³-hybridized carbons (Fsp3) is 0.462. The van der Waals surface area contributed by atoms with Crippen molar-refractivity contribution in [3.8, 4) is 0 Å². The maximum Gasteiger partial charge on any atom is 0.392 e. The third kappa shape index (κ3) is 2.49. The van der Waals surface area contributed by atoms with Gasteiger partial charge in [0.15, 0.2) is 0 Å². The van der Waals surface area contributed by atoms with Crippen LogP contribution in [0.15, 0.2) is 35.5 Å². The molecule has 2 rings (SSSR count). The zero-order valence-corrected chi connectivity index (χ0v) is 10.2. The highest BCUT2D eigenvalue weighted by molar-refractivity contribution is 6.05. The quantitative estimate of drug-likeness (QED) is 0.790. The van der Waals surface area contributed by atoms with Crippen LogP contribution in [-0.4, -0.2) is 18.0 Å². The first-order valence-electron chi connectivity index (χ1n) is 5.67. The van der Waals surface area contributed by atoms with E-state index in [1.165, 1.54) is 0 Å². The number of rotatable bonds is 2. The van der Waals surface area contributed by atoms with E-state index in [0.717, 1.165) is 5.56 Å². The second-order valence-corrected chi connectivity index (χ2v) is 4.94. The van der Waals surface area contributed by atoms with Crippen molar-refractivity contribution in [3.05, 3.63) is 35.9 Å². The van der Waals surface area contributed by atoms with Gasteiger partial charge in [0.05, 0.1) is 17.5 Å². The number of halogens is 3. The zero-order chi connectivity index (χ0) is 13.4. The van der Waals surface area contributed by atoms with Gasteiger partial charge in [-0.25, -0.2) is 0 Å². The van der Waals surface area contributed by atoms with E-state index in [1.54, 1.807) is 13.8 Å². The molecular weight excluding hydrogens is 243 g/mol. The average molecular weight is 257 g/mol. The van der Waals surface area contributed by atoms with Crippen LogP contribution in [0.4, 0.5) is 13.2 Å². The number of hydrogen-bond acceptors (Lipinski definition) is 2. The fourth-order valence-electron chi connectivity index (χ4n) is 2.04. The number of oxime groups is 1. The van der Waals surface area contributed by atoms with Crippen LogP contribution >= 0.6 is 0 Å². The maximum absolute atomic E-state index is 12.4. The molecule has 1 aromatic carbocycles. The van der Waals surface area contributed by atoms with Crippen molar-refractivity contribution >= 4 is 5.71 Å². The molecule has 1 unspecified atom stereocenters. The molecular formula is C13H14F3NO. The number of alkyl halides is 3. The second-order valence-electron chi connectivity index (χ2n) is 4.94. The highest BCUT2D eigenvalue weighted by atomic mass is 19.4. The molecule has 0 spiro atoms. The summed E-state index contributed by atoms with van der Waals surface area (Å²) in [7, 11) is 0. The van der Waals surface area contributed by atoms with Gasteiger partial charge in [-0.1, -0.05) is 49.3 Å². The Balaban J connectivity index is 2.22. The first-order chi connectivity index (χ1) is 8.31. The Hall–Kier alpha value is -1.52. The molecule has 1 aromatic rings. The Morgan fingerprint density at radius 1 is 1.22 bits per heavy atom. The summed E-state index contributed by atoms with van der Waals surface area (Å²) in [6.45, 7) is 3.45. The Kier molecular flexibility index (Phi) is 3.09. The van der Waals surface area contributed by atoms with Gasteiger partial charge in [-0.3, -0.25) is 0 Å². The molecule has 1 aliphatic heterocycles. The average Bonchev–Trinajstić information content (AvgIpc) is 2.54. The van der Waals surface area contributed by atoms with Crippen molar-refractivity contribution in [3.63, 3.8) is 0 Å². The maximum atomic E-state index is 12.4. The van der Waals surface area contributed by atoms with E-state index in [-0.39, 0.29) is 0 Å². The van der Waals surface area contributed by atoms with E-state index in [9.17, 15) is 13.2 Å². The van der Waals surface area contributed by atoms with Crippen molar-refractivity contribution in [1.29, 1.82) is 0 Å². The molecule has 0 N–H and O–H groups in total. The summed E-state index contributed by atoms with van der Waals surface area (Å²) in [5, 5.41) is 3.84. The van der Waals surface area contributed by atoms with Gasteiger partial charge < -0.3 is 4.84 Å². The summed E-state index contributed by atoms with van der Waals surface area (Å²) in [6, 6.07) is 9.13. The molecule has 0 saturated carbocycles. The molecule has 5 heteroatoms. The first-order valence-corrected chi connectivity index (χ1v) is 5.67. The summed E-state index contributed by atoms with van der Waals surface area (Å²) in [5.74, 6) is 0. The summed E-state index contributed by atoms with van der Waals surface area (Å²) in [4.78, 5) is 4.98. The number of nitrogens with zero attached hydrogens (tertiary/aromatic N) is 1. The smallest absolute Gasteiger partial charge is 0.391 e. The molecule has 1 aliphatic rings. The lowest BCUT2D eigenvalue weighted by atomic mass is 9.78. The van der Waals surface area contributed by atoms with Gasteiger partial charge >= 0.3 is 6.18 Å². The SMILES string of the molecule is CC1(C)C(c2ccccc2)=NOC1CC(F)(F)F. The summed E-state index contributed by atoms with van der Waals surface area (Å²) in [6.07, 6.45) is -6.20. The van der Waals surface area contributed by atoms with Gasteiger partial charge in [-0.2, -0.15) is 13.2 Å². The highest BCUT2D eigenvalue weighted by Crippen LogP contribution is 2.40. The van der Waals surface area contributed by atoms with Gasteiger partial charge in [0.2, 0.25) is 0 Å². The van der Waals surface area contributed by atoms with Crippen LogP contribution in [0.1, 0.15) is 25.8 Å². The fourth-order valence-corrected chi connectivity index (χ4v) is 2.04. The molecule has 0 fully saturated rings. The lowest BCUT2D eigenvalue weighted by molar-refractivity contribution is -0.166. The van der Waals surface area contributed by atoms with Gasteiger partial charge in [0.1, 0.15) is 6.10 Å². The van der Waals surface area contributed by atoms with E-state index in [4.69, 9.17) is 4.84 Å². The van der Waals surface area contributed by atoms with Gasteiger partial charge in [0, 0.05) is 0 Å². The molecule has 18 heavy (non-hydrogen) atoms. The van der Waals surface area contributed by atoms with E-state index in [0.29, 0.717) is 5.71 Å². The van der Waals surface area contributed by atoms with Crippen LogP contribution in [0.5, 0.6) is 0 Å². The van der Waals surface area contributed by atoms with Gasteiger partial charge in [-0.15, -0.1) is 0 Å². The Morgan fingerprint density at radius 2 is 1.83 bits per heavy atom. The molecule has 0 aromatic heterocycles. The summed E-state index contributed by atoms with van der Waals surface area (Å²) < 4.78 is 37.3. The Bertz CT molecular complexity index is 451. The lowest BCUT2D eigenvalue weighted by Gasteiger charge is -2.26. The van der Waals surface area contributed by atoms with Gasteiger partial charge in [0.25, 0.3) is 0 Å². The molecule has 0 radical (unpaired) electrons. The lowest BCUT2D eigenvalue weighted by Crippen LogP contribution is -2.36. The van der Waals surface area contributed by atoms with Crippen LogP contribution in [0.2, 0.25) is 0 Å². The first kappa shape index (κ1) is 12.9. The molecule has 98 valence electrons. The van der Waals surface area contributed by atoms with Crippen molar-refractivity contribution in [1.82, 2.24) is 0 Å². The molecule has 1 heterocycles. The minimum atomic E-state index is -4.25. The summed E-state index contributed by atoms with van der Waals surface area (Å²) >= 11 is 0. The van der Waals surface area contributed by atoms with E-state index in [1.807, 2.05) is 30.3 Å². The monoisotopic (exact) mass is 257 g/mol. The standard InChI is InChI=1S/C13H14F3NO/c1-12(2)10(8-13(14,15)16)18-17-11(12)9-6-4-3-5-7-9/h3-7,10H,8H2,1-2H3. The van der Waals surface area contributed by atoms with Crippen LogP contribution in [0.25, 0.3) is 0 Å². The number of benzene rings is 1. The third-order valence-corrected chi connectivity index (χ3v) is 3.15. The Labute approximate surface area is 103 Å². The molecule has 0 saturated heterocycles. The molecule has 1 atom stereocenters. The van der Waals surface area contributed by atoms with Crippen molar-refractivity contribution < 1.29 is 18.0 Å². The normalized spacial score (nSPS) is 22.5. The largest absolute Gasteiger partial charge is 0.392 e. The van der Waals surface area contributed by atoms with E-state index >= 15 is 0 Å². The van der Waals surface area contributed by atoms with Crippen LogP contribution in [0, 0.1) is 5.41 Å². The Morgan fingerprint density at radius 3 is 2.39 bits per heavy atom. The van der Waals surface area contributed by atoms with Crippen LogP contribution < -0.4 is 0 Å². The predicted octanol–water partition coefficient (Wildman–Crippen LogP) is 3.77. The van der Waals surface area contributed by atoms with Crippen molar-refractivity contribution in [2.75, 3.05) is 0 Å². The third-order valence-electron chi connectivity index (χ3n) is 3.15. The minimum absolute atomic E-state index is 0.567.